The first-order chi connectivity index (χ1) is 9.83. The van der Waals surface area contributed by atoms with Crippen molar-refractivity contribution in [3.8, 4) is 0 Å². The lowest BCUT2D eigenvalue weighted by atomic mass is 9.91. The van der Waals surface area contributed by atoms with Gasteiger partial charge >= 0.3 is 0 Å². The van der Waals surface area contributed by atoms with E-state index in [-0.39, 0.29) is 0 Å². The molecular weight excluding hydrogens is 308 g/mol. The maximum Gasteiger partial charge on any atom is 0.0278 e. The number of rotatable bonds is 1. The highest BCUT2D eigenvalue weighted by Gasteiger charge is 2.18. The molecule has 1 atom stereocenters. The molecule has 0 N–H and O–H groups in total. The maximum absolute atomic E-state index is 3.62. The third kappa shape index (κ3) is 1.82. The van der Waals surface area contributed by atoms with E-state index in [1.807, 2.05) is 0 Å². The zero-order chi connectivity index (χ0) is 13.5. The third-order valence-corrected chi connectivity index (χ3v) is 4.70. The molecule has 20 heavy (non-hydrogen) atoms. The van der Waals surface area contributed by atoms with Crippen LogP contribution >= 0.6 is 15.9 Å². The Hall–Kier alpha value is -1.86. The molecule has 1 aliphatic rings. The van der Waals surface area contributed by atoms with Crippen LogP contribution in [0.3, 0.4) is 0 Å². The molecule has 0 nitrogen and oxygen atoms in total. The normalized spacial score (nSPS) is 16.6. The van der Waals surface area contributed by atoms with E-state index in [4.69, 9.17) is 0 Å². The molecule has 0 radical (unpaired) electrons. The van der Waals surface area contributed by atoms with Gasteiger partial charge in [0.15, 0.2) is 0 Å². The fourth-order valence-corrected chi connectivity index (χ4v) is 3.51. The van der Waals surface area contributed by atoms with Crippen LogP contribution in [0, 0.1) is 0 Å². The zero-order valence-corrected chi connectivity index (χ0v) is 12.5. The molecule has 96 valence electrons. The van der Waals surface area contributed by atoms with Crippen molar-refractivity contribution in [1.82, 2.24) is 0 Å². The van der Waals surface area contributed by atoms with Gasteiger partial charge in [-0.25, -0.2) is 0 Å². The van der Waals surface area contributed by atoms with Crippen LogP contribution < -0.4 is 0 Å². The lowest BCUT2D eigenvalue weighted by molar-refractivity contribution is 1.05. The van der Waals surface area contributed by atoms with Crippen molar-refractivity contribution >= 4 is 32.8 Å². The summed E-state index contributed by atoms with van der Waals surface area (Å²) in [6.07, 6.45) is 4.52. The van der Waals surface area contributed by atoms with Crippen molar-refractivity contribution in [3.63, 3.8) is 0 Å². The van der Waals surface area contributed by atoms with Crippen molar-refractivity contribution in [2.75, 3.05) is 0 Å². The molecule has 1 aliphatic carbocycles. The molecule has 0 saturated carbocycles. The van der Waals surface area contributed by atoms with Gasteiger partial charge in [-0.1, -0.05) is 82.7 Å². The van der Waals surface area contributed by atoms with E-state index in [1.165, 1.54) is 27.5 Å². The van der Waals surface area contributed by atoms with E-state index in [2.05, 4.69) is 88.7 Å². The van der Waals surface area contributed by atoms with E-state index < -0.39 is 0 Å². The minimum atomic E-state index is 0.384. The summed E-state index contributed by atoms with van der Waals surface area (Å²) in [5, 5.41) is 2.56. The Labute approximate surface area is 126 Å². The summed E-state index contributed by atoms with van der Waals surface area (Å²) in [4.78, 5) is 0. The molecule has 0 spiro atoms. The minimum Gasteiger partial charge on any atom is -0.0720 e. The topological polar surface area (TPSA) is 0 Å². The second kappa shape index (κ2) is 4.60. The van der Waals surface area contributed by atoms with E-state index in [1.54, 1.807) is 0 Å². The van der Waals surface area contributed by atoms with Gasteiger partial charge in [-0.2, -0.15) is 0 Å². The Bertz CT molecular complexity index is 830. The van der Waals surface area contributed by atoms with Gasteiger partial charge in [0.25, 0.3) is 0 Å². The molecular formula is C19H13Br. The Morgan fingerprint density at radius 1 is 0.850 bits per heavy atom. The summed E-state index contributed by atoms with van der Waals surface area (Å²) >= 11 is 3.62. The first kappa shape index (κ1) is 11.9. The van der Waals surface area contributed by atoms with Crippen LogP contribution in [0.4, 0.5) is 0 Å². The van der Waals surface area contributed by atoms with Crippen LogP contribution in [-0.2, 0) is 0 Å². The quantitative estimate of drug-likeness (QED) is 0.534. The maximum atomic E-state index is 3.62. The van der Waals surface area contributed by atoms with Crippen molar-refractivity contribution in [2.45, 2.75) is 5.92 Å². The predicted octanol–water partition coefficient (Wildman–Crippen LogP) is 5.76. The minimum absolute atomic E-state index is 0.384. The monoisotopic (exact) mass is 320 g/mol. The fraction of sp³-hybridized carbons (Fsp3) is 0.0526. The lowest BCUT2D eigenvalue weighted by Gasteiger charge is -2.13. The van der Waals surface area contributed by atoms with Gasteiger partial charge in [0.05, 0.1) is 0 Å². The van der Waals surface area contributed by atoms with Gasteiger partial charge in [-0.05, 0) is 33.5 Å². The van der Waals surface area contributed by atoms with E-state index >= 15 is 0 Å². The largest absolute Gasteiger partial charge is 0.0720 e. The number of fused-ring (bicyclic) bond motifs is 2. The summed E-state index contributed by atoms with van der Waals surface area (Å²) < 4.78 is 1.16. The number of benzene rings is 3. The number of hydrogen-bond acceptors (Lipinski definition) is 0. The van der Waals surface area contributed by atoms with E-state index in [0.717, 1.165) is 4.47 Å². The zero-order valence-electron chi connectivity index (χ0n) is 10.9. The van der Waals surface area contributed by atoms with Gasteiger partial charge in [0.2, 0.25) is 0 Å². The third-order valence-electron chi connectivity index (χ3n) is 4.01. The van der Waals surface area contributed by atoms with Crippen LogP contribution in [0.15, 0.2) is 71.2 Å². The van der Waals surface area contributed by atoms with Crippen LogP contribution in [0.25, 0.3) is 16.8 Å². The van der Waals surface area contributed by atoms with Gasteiger partial charge in [0.1, 0.15) is 0 Å². The summed E-state index contributed by atoms with van der Waals surface area (Å²) in [5.41, 5.74) is 4.10. The van der Waals surface area contributed by atoms with E-state index in [9.17, 15) is 0 Å². The van der Waals surface area contributed by atoms with Gasteiger partial charge in [-0.3, -0.25) is 0 Å². The van der Waals surface area contributed by atoms with Crippen molar-refractivity contribution in [1.29, 1.82) is 0 Å². The highest BCUT2D eigenvalue weighted by atomic mass is 79.9. The molecule has 0 heterocycles. The first-order valence-corrected chi connectivity index (χ1v) is 7.57. The van der Waals surface area contributed by atoms with E-state index in [0.29, 0.717) is 5.92 Å². The summed E-state index contributed by atoms with van der Waals surface area (Å²) in [5.74, 6) is 0.384. The van der Waals surface area contributed by atoms with Gasteiger partial charge in [0, 0.05) is 10.4 Å². The number of hydrogen-bond donors (Lipinski definition) is 0. The summed E-state index contributed by atoms with van der Waals surface area (Å²) in [7, 11) is 0. The number of allylic oxidation sites excluding steroid dienone is 1. The number of halogens is 1. The Kier molecular flexibility index (Phi) is 2.75. The fourth-order valence-electron chi connectivity index (χ4n) is 3.00. The van der Waals surface area contributed by atoms with Gasteiger partial charge in [-0.15, -0.1) is 0 Å². The van der Waals surface area contributed by atoms with Crippen LogP contribution in [0.5, 0.6) is 0 Å². The molecule has 3 aromatic rings. The molecule has 3 aromatic carbocycles. The summed E-state index contributed by atoms with van der Waals surface area (Å²) in [6.45, 7) is 0. The molecule has 1 heteroatoms. The molecule has 0 fully saturated rings. The van der Waals surface area contributed by atoms with Crippen LogP contribution in [-0.4, -0.2) is 0 Å². The van der Waals surface area contributed by atoms with Gasteiger partial charge < -0.3 is 0 Å². The molecule has 0 aliphatic heterocycles. The Morgan fingerprint density at radius 2 is 1.75 bits per heavy atom. The Balaban J connectivity index is 1.87. The second-order valence-electron chi connectivity index (χ2n) is 5.19. The second-order valence-corrected chi connectivity index (χ2v) is 6.04. The van der Waals surface area contributed by atoms with Crippen LogP contribution in [0.2, 0.25) is 0 Å². The highest BCUT2D eigenvalue weighted by Crippen LogP contribution is 2.36. The average molecular weight is 321 g/mol. The lowest BCUT2D eigenvalue weighted by Crippen LogP contribution is -1.95. The molecule has 0 saturated heterocycles. The van der Waals surface area contributed by atoms with Crippen LogP contribution in [0.1, 0.15) is 22.6 Å². The smallest absolute Gasteiger partial charge is 0.0278 e. The Morgan fingerprint density at radius 3 is 2.70 bits per heavy atom. The van der Waals surface area contributed by atoms with Crippen molar-refractivity contribution < 1.29 is 0 Å². The van der Waals surface area contributed by atoms with Crippen molar-refractivity contribution in [2.24, 2.45) is 0 Å². The molecule has 1 unspecified atom stereocenters. The molecule has 0 amide bonds. The highest BCUT2D eigenvalue weighted by molar-refractivity contribution is 9.10. The van der Waals surface area contributed by atoms with Crippen molar-refractivity contribution in [3.05, 3.63) is 87.9 Å². The average Bonchev–Trinajstić information content (AvgIpc) is 2.91. The molecule has 0 bridgehead atoms. The summed E-state index contributed by atoms with van der Waals surface area (Å²) in [6, 6.07) is 21.7. The molecule has 0 aromatic heterocycles. The predicted molar refractivity (Wildman–Crippen MR) is 89.0 cm³/mol. The standard InChI is InChI=1S/C19H13Br/c20-19-7-3-5-14-12-15(9-11-18(14)19)17-10-8-13-4-1-2-6-16(13)17/h1-12,17H. The SMILES string of the molecule is Brc1cccc2cc(C3C=Cc4ccccc43)ccc12. The molecule has 4 rings (SSSR count). The first-order valence-electron chi connectivity index (χ1n) is 6.78.